The molecule has 11 heteroatoms. The third kappa shape index (κ3) is 9.03. The molecule has 0 radical (unpaired) electrons. The van der Waals surface area contributed by atoms with E-state index in [1.165, 1.54) is 11.9 Å². The van der Waals surface area contributed by atoms with Gasteiger partial charge in [-0.05, 0) is 24.6 Å². The van der Waals surface area contributed by atoms with Gasteiger partial charge in [-0.3, -0.25) is 9.18 Å². The summed E-state index contributed by atoms with van der Waals surface area (Å²) in [5, 5.41) is 7.92. The van der Waals surface area contributed by atoms with Crippen molar-refractivity contribution in [1.82, 2.24) is 0 Å². The highest BCUT2D eigenvalue weighted by Gasteiger charge is 2.32. The fourth-order valence-corrected chi connectivity index (χ4v) is 2.67. The van der Waals surface area contributed by atoms with Crippen LogP contribution in [0.3, 0.4) is 0 Å². The van der Waals surface area contributed by atoms with Gasteiger partial charge in [0.15, 0.2) is 0 Å². The predicted molar refractivity (Wildman–Crippen MR) is 91.3 cm³/mol. The summed E-state index contributed by atoms with van der Waals surface area (Å²) in [6.45, 7) is 0.0972. The number of carboxylic acid groups (broad SMARTS) is 1. The summed E-state index contributed by atoms with van der Waals surface area (Å²) in [4.78, 5) is 22.7. The monoisotopic (exact) mass is 419 g/mol. The SMILES string of the molecule is CF.CN(CCC(C=O)SCC(=O)O)c1cc(C(F)F)cc(C(F)(F)F)c1. The highest BCUT2D eigenvalue weighted by molar-refractivity contribution is 8.01. The molecule has 0 fully saturated rings. The molecule has 0 saturated heterocycles. The van der Waals surface area contributed by atoms with Gasteiger partial charge < -0.3 is 14.8 Å². The maximum atomic E-state index is 12.9. The van der Waals surface area contributed by atoms with E-state index < -0.39 is 34.9 Å². The number of nitrogens with zero attached hydrogens (tertiary/aromatic N) is 1. The molecule has 1 atom stereocenters. The second kappa shape index (κ2) is 11.7. The Kier molecular flexibility index (Phi) is 10.9. The molecule has 0 saturated carbocycles. The summed E-state index contributed by atoms with van der Waals surface area (Å²) in [7, 11) is 1.91. The van der Waals surface area contributed by atoms with Gasteiger partial charge in [0.1, 0.15) is 6.29 Å². The number of anilines is 1. The lowest BCUT2D eigenvalue weighted by atomic mass is 10.1. The second-order valence-electron chi connectivity index (χ2n) is 5.20. The molecule has 0 aromatic heterocycles. The number of hydrogen-bond acceptors (Lipinski definition) is 4. The summed E-state index contributed by atoms with van der Waals surface area (Å²) in [6.07, 6.45) is -7.09. The van der Waals surface area contributed by atoms with Crippen molar-refractivity contribution < 1.29 is 41.0 Å². The summed E-state index contributed by atoms with van der Waals surface area (Å²) in [5.74, 6) is -1.38. The van der Waals surface area contributed by atoms with E-state index in [4.69, 9.17) is 5.11 Å². The minimum atomic E-state index is -4.76. The van der Waals surface area contributed by atoms with Crippen LogP contribution in [0.15, 0.2) is 18.2 Å². The number of aliphatic carboxylic acids is 1. The molecule has 154 valence electrons. The molecule has 1 unspecified atom stereocenters. The third-order valence-corrected chi connectivity index (χ3v) is 4.47. The Morgan fingerprint density at radius 2 is 1.85 bits per heavy atom. The second-order valence-corrected chi connectivity index (χ2v) is 6.43. The molecule has 0 heterocycles. The lowest BCUT2D eigenvalue weighted by molar-refractivity contribution is -0.137. The summed E-state index contributed by atoms with van der Waals surface area (Å²) < 4.78 is 73.7. The Bertz CT molecular complexity index is 612. The van der Waals surface area contributed by atoms with Crippen LogP contribution in [0.5, 0.6) is 0 Å². The Morgan fingerprint density at radius 1 is 1.26 bits per heavy atom. The van der Waals surface area contributed by atoms with Gasteiger partial charge in [-0.25, -0.2) is 8.78 Å². The quantitative estimate of drug-likeness (QED) is 0.474. The van der Waals surface area contributed by atoms with Crippen molar-refractivity contribution in [1.29, 1.82) is 0 Å². The number of thioether (sulfide) groups is 1. The van der Waals surface area contributed by atoms with Crippen LogP contribution >= 0.6 is 11.8 Å². The fourth-order valence-electron chi connectivity index (χ4n) is 1.96. The van der Waals surface area contributed by atoms with Crippen molar-refractivity contribution >= 4 is 29.7 Å². The zero-order valence-corrected chi connectivity index (χ0v) is 15.3. The summed E-state index contributed by atoms with van der Waals surface area (Å²) >= 11 is 0.888. The molecule has 4 nitrogen and oxygen atoms in total. The first kappa shape index (κ1) is 25.1. The molecule has 1 aromatic carbocycles. The topological polar surface area (TPSA) is 57.6 Å². The normalized spacial score (nSPS) is 12.2. The smallest absolute Gasteiger partial charge is 0.416 e. The number of carboxylic acids is 1. The Labute approximate surface area is 156 Å². The maximum Gasteiger partial charge on any atom is 0.416 e. The zero-order chi connectivity index (χ0) is 21.2. The van der Waals surface area contributed by atoms with Crippen LogP contribution in [0, 0.1) is 0 Å². The van der Waals surface area contributed by atoms with E-state index in [1.807, 2.05) is 0 Å². The largest absolute Gasteiger partial charge is 0.481 e. The molecule has 1 N–H and O–H groups in total. The van der Waals surface area contributed by atoms with Crippen molar-refractivity contribution in [3.63, 3.8) is 0 Å². The lowest BCUT2D eigenvalue weighted by Crippen LogP contribution is -2.23. The molecular formula is C16H19F6NO3S. The lowest BCUT2D eigenvalue weighted by Gasteiger charge is -2.23. The van der Waals surface area contributed by atoms with Crippen molar-refractivity contribution in [2.75, 3.05) is 31.4 Å². The van der Waals surface area contributed by atoms with Gasteiger partial charge in [-0.15, -0.1) is 11.8 Å². The van der Waals surface area contributed by atoms with Gasteiger partial charge in [0, 0.05) is 24.8 Å². The highest BCUT2D eigenvalue weighted by atomic mass is 32.2. The first-order chi connectivity index (χ1) is 12.5. The standard InChI is InChI=1S/C15H16F5NO3S.CH3F/c1-21(3-2-12(7-22)25-8-13(23)24)11-5-9(14(16)17)4-10(6-11)15(18,19)20;1-2/h4-7,12,14H,2-3,8H2,1H3,(H,23,24);1H3. The maximum absolute atomic E-state index is 12.9. The minimum absolute atomic E-state index is 0.0574. The van der Waals surface area contributed by atoms with Crippen LogP contribution in [0.1, 0.15) is 24.0 Å². The van der Waals surface area contributed by atoms with Gasteiger partial charge in [-0.2, -0.15) is 13.2 Å². The van der Waals surface area contributed by atoms with Crippen LogP contribution in [0.4, 0.5) is 32.0 Å². The number of carbonyl (C=O) groups excluding carboxylic acids is 1. The average molecular weight is 419 g/mol. The molecule has 0 bridgehead atoms. The number of carbonyl (C=O) groups is 2. The predicted octanol–water partition coefficient (Wildman–Crippen LogP) is 4.44. The van der Waals surface area contributed by atoms with Crippen molar-refractivity contribution in [3.8, 4) is 0 Å². The summed E-state index contributed by atoms with van der Waals surface area (Å²) in [5.41, 5.74) is -1.98. The Hall–Kier alpha value is -1.91. The Morgan fingerprint density at radius 3 is 2.30 bits per heavy atom. The first-order valence-corrected chi connectivity index (χ1v) is 8.47. The molecule has 0 spiro atoms. The molecule has 27 heavy (non-hydrogen) atoms. The molecule has 0 amide bonds. The van der Waals surface area contributed by atoms with Gasteiger partial charge in [0.05, 0.1) is 23.7 Å². The number of halogens is 6. The number of rotatable bonds is 9. The number of aldehydes is 1. The molecule has 0 aliphatic carbocycles. The van der Waals surface area contributed by atoms with E-state index in [9.17, 15) is 35.9 Å². The van der Waals surface area contributed by atoms with Gasteiger partial charge in [0.25, 0.3) is 6.43 Å². The zero-order valence-electron chi connectivity index (χ0n) is 14.5. The first-order valence-electron chi connectivity index (χ1n) is 7.42. The minimum Gasteiger partial charge on any atom is -0.481 e. The van der Waals surface area contributed by atoms with E-state index in [-0.39, 0.29) is 24.4 Å². The summed E-state index contributed by atoms with van der Waals surface area (Å²) in [6, 6.07) is 2.12. The van der Waals surface area contributed by atoms with E-state index in [0.29, 0.717) is 19.5 Å². The van der Waals surface area contributed by atoms with Crippen LogP contribution in [-0.2, 0) is 15.8 Å². The van der Waals surface area contributed by atoms with Crippen LogP contribution in [0.25, 0.3) is 0 Å². The molecule has 1 aromatic rings. The Balaban J connectivity index is 0.00000326. The molecular weight excluding hydrogens is 400 g/mol. The molecule has 0 aliphatic rings. The number of benzene rings is 1. The number of alkyl halides is 6. The van der Waals surface area contributed by atoms with E-state index >= 15 is 0 Å². The van der Waals surface area contributed by atoms with Crippen molar-refractivity contribution in [3.05, 3.63) is 29.3 Å². The molecule has 0 aliphatic heterocycles. The van der Waals surface area contributed by atoms with Gasteiger partial charge in [0.2, 0.25) is 0 Å². The van der Waals surface area contributed by atoms with Crippen LogP contribution in [-0.4, -0.2) is 49.1 Å². The fraction of sp³-hybridized carbons (Fsp3) is 0.500. The third-order valence-electron chi connectivity index (χ3n) is 3.28. The van der Waals surface area contributed by atoms with E-state index in [2.05, 4.69) is 0 Å². The van der Waals surface area contributed by atoms with Gasteiger partial charge in [-0.1, -0.05) is 0 Å². The van der Waals surface area contributed by atoms with Gasteiger partial charge >= 0.3 is 12.1 Å². The van der Waals surface area contributed by atoms with Crippen molar-refractivity contribution in [2.24, 2.45) is 0 Å². The van der Waals surface area contributed by atoms with Crippen LogP contribution < -0.4 is 4.90 Å². The van der Waals surface area contributed by atoms with Crippen molar-refractivity contribution in [2.45, 2.75) is 24.3 Å². The number of hydrogen-bond donors (Lipinski definition) is 1. The van der Waals surface area contributed by atoms with Crippen LogP contribution in [0.2, 0.25) is 0 Å². The molecule has 1 rings (SSSR count). The average Bonchev–Trinajstić information content (AvgIpc) is 2.61. The van der Waals surface area contributed by atoms with E-state index in [1.54, 1.807) is 0 Å². The van der Waals surface area contributed by atoms with E-state index in [0.717, 1.165) is 23.9 Å². The highest BCUT2D eigenvalue weighted by Crippen LogP contribution is 2.35.